The zero-order chi connectivity index (χ0) is 22.7. The van der Waals surface area contributed by atoms with E-state index in [0.29, 0.717) is 18.2 Å². The zero-order valence-corrected chi connectivity index (χ0v) is 15.2. The number of amides is 2. The number of rotatable bonds is 5. The molecule has 2 unspecified atom stereocenters. The molecule has 2 rings (SSSR count). The number of nitrogens with one attached hydrogen (secondary N) is 2. The van der Waals surface area contributed by atoms with Crippen LogP contribution in [0.15, 0.2) is 42.6 Å². The van der Waals surface area contributed by atoms with Crippen molar-refractivity contribution in [2.24, 2.45) is 0 Å². The predicted molar refractivity (Wildman–Crippen MR) is 91.3 cm³/mol. The van der Waals surface area contributed by atoms with Crippen LogP contribution in [-0.4, -0.2) is 28.1 Å². The van der Waals surface area contributed by atoms with Crippen LogP contribution >= 0.6 is 0 Å². The molecule has 0 bridgehead atoms. The van der Waals surface area contributed by atoms with E-state index in [-0.39, 0.29) is 5.56 Å². The van der Waals surface area contributed by atoms with Gasteiger partial charge in [-0.25, -0.2) is 4.79 Å². The molecule has 12 heteroatoms. The summed E-state index contributed by atoms with van der Waals surface area (Å²) in [6.07, 6.45) is -8.50. The summed E-state index contributed by atoms with van der Waals surface area (Å²) in [5, 5.41) is 13.0. The number of urea groups is 1. The number of hydrogen-bond acceptors (Lipinski definition) is 3. The molecule has 1 heterocycles. The first-order valence-corrected chi connectivity index (χ1v) is 8.29. The van der Waals surface area contributed by atoms with Gasteiger partial charge < -0.3 is 15.7 Å². The van der Waals surface area contributed by atoms with Crippen molar-refractivity contribution in [1.82, 2.24) is 15.6 Å². The van der Waals surface area contributed by atoms with Crippen LogP contribution in [0.2, 0.25) is 0 Å². The van der Waals surface area contributed by atoms with E-state index in [9.17, 15) is 35.9 Å². The lowest BCUT2D eigenvalue weighted by atomic mass is 9.98. The topological polar surface area (TPSA) is 91.3 Å². The number of carbonyl (C=O) groups excluding carboxylic acids is 1. The fourth-order valence-corrected chi connectivity index (χ4v) is 2.49. The molecule has 0 fully saturated rings. The van der Waals surface area contributed by atoms with Gasteiger partial charge in [0.05, 0.1) is 22.9 Å². The smallest absolute Gasteiger partial charge is 0.418 e. The SMILES string of the molecule is CC(NC(=O)NC(c1ccc(C(F)(F)F)cc1)c1ncccc1C(F)(F)F)C(=O)O. The van der Waals surface area contributed by atoms with Crippen LogP contribution in [0, 0.1) is 0 Å². The molecule has 2 aromatic rings. The van der Waals surface area contributed by atoms with Crippen molar-refractivity contribution in [1.29, 1.82) is 0 Å². The van der Waals surface area contributed by atoms with Crippen molar-refractivity contribution in [3.8, 4) is 0 Å². The molecule has 3 N–H and O–H groups in total. The molecule has 6 nitrogen and oxygen atoms in total. The van der Waals surface area contributed by atoms with Crippen molar-refractivity contribution >= 4 is 12.0 Å². The van der Waals surface area contributed by atoms with Gasteiger partial charge in [0, 0.05) is 6.20 Å². The third kappa shape index (κ3) is 5.61. The minimum absolute atomic E-state index is 0.120. The molecular formula is C18H15F6N3O3. The van der Waals surface area contributed by atoms with Crippen molar-refractivity contribution in [3.05, 3.63) is 65.0 Å². The van der Waals surface area contributed by atoms with E-state index in [4.69, 9.17) is 5.11 Å². The van der Waals surface area contributed by atoms with Crippen molar-refractivity contribution < 1.29 is 41.0 Å². The van der Waals surface area contributed by atoms with E-state index >= 15 is 0 Å². The summed E-state index contributed by atoms with van der Waals surface area (Å²) in [5.74, 6) is -1.40. The number of alkyl halides is 6. The monoisotopic (exact) mass is 435 g/mol. The normalized spacial score (nSPS) is 14.0. The van der Waals surface area contributed by atoms with Crippen molar-refractivity contribution in [2.75, 3.05) is 0 Å². The van der Waals surface area contributed by atoms with Gasteiger partial charge in [-0.2, -0.15) is 26.3 Å². The molecule has 2 amide bonds. The van der Waals surface area contributed by atoms with Gasteiger partial charge in [-0.05, 0) is 36.8 Å². The summed E-state index contributed by atoms with van der Waals surface area (Å²) in [6, 6.07) is 0.716. The van der Waals surface area contributed by atoms with Gasteiger partial charge in [0.15, 0.2) is 0 Å². The van der Waals surface area contributed by atoms with E-state index in [0.717, 1.165) is 31.3 Å². The van der Waals surface area contributed by atoms with E-state index in [1.807, 2.05) is 5.32 Å². The Hall–Kier alpha value is -3.31. The summed E-state index contributed by atoms with van der Waals surface area (Å²) < 4.78 is 78.6. The number of aliphatic carboxylic acids is 1. The van der Waals surface area contributed by atoms with Gasteiger partial charge in [0.25, 0.3) is 0 Å². The minimum atomic E-state index is -4.86. The Morgan fingerprint density at radius 3 is 2.07 bits per heavy atom. The second-order valence-corrected chi connectivity index (χ2v) is 6.16. The molecule has 0 spiro atoms. The highest BCUT2D eigenvalue weighted by Gasteiger charge is 2.37. The summed E-state index contributed by atoms with van der Waals surface area (Å²) in [4.78, 5) is 26.7. The average Bonchev–Trinajstić information content (AvgIpc) is 2.64. The summed E-state index contributed by atoms with van der Waals surface area (Å²) >= 11 is 0. The molecule has 0 radical (unpaired) electrons. The van der Waals surface area contributed by atoms with Gasteiger partial charge in [0.2, 0.25) is 0 Å². The maximum atomic E-state index is 13.4. The highest BCUT2D eigenvalue weighted by molar-refractivity contribution is 5.82. The largest absolute Gasteiger partial charge is 0.480 e. The highest BCUT2D eigenvalue weighted by Crippen LogP contribution is 2.36. The van der Waals surface area contributed by atoms with Crippen LogP contribution in [0.3, 0.4) is 0 Å². The number of aromatic nitrogens is 1. The Bertz CT molecular complexity index is 913. The van der Waals surface area contributed by atoms with Crippen molar-refractivity contribution in [2.45, 2.75) is 31.4 Å². The molecule has 1 aromatic carbocycles. The fourth-order valence-electron chi connectivity index (χ4n) is 2.49. The van der Waals surface area contributed by atoms with E-state index < -0.39 is 53.3 Å². The van der Waals surface area contributed by atoms with E-state index in [2.05, 4.69) is 10.3 Å². The number of carboxylic acid groups (broad SMARTS) is 1. The third-order valence-electron chi connectivity index (χ3n) is 3.98. The molecule has 0 aliphatic carbocycles. The predicted octanol–water partition coefficient (Wildman–Crippen LogP) is 3.98. The molecule has 1 aromatic heterocycles. The maximum absolute atomic E-state index is 13.4. The number of benzene rings is 1. The summed E-state index contributed by atoms with van der Waals surface area (Å²) in [7, 11) is 0. The number of pyridine rings is 1. The second-order valence-electron chi connectivity index (χ2n) is 6.16. The van der Waals surface area contributed by atoms with Crippen molar-refractivity contribution in [3.63, 3.8) is 0 Å². The van der Waals surface area contributed by atoms with Crippen LogP contribution in [0.5, 0.6) is 0 Å². The number of hydrogen-bond donors (Lipinski definition) is 3. The van der Waals surface area contributed by atoms with Crippen LogP contribution < -0.4 is 10.6 Å². The van der Waals surface area contributed by atoms with Gasteiger partial charge in [-0.3, -0.25) is 9.78 Å². The number of carboxylic acids is 1. The van der Waals surface area contributed by atoms with Crippen LogP contribution in [0.1, 0.15) is 35.3 Å². The maximum Gasteiger partial charge on any atom is 0.418 e. The van der Waals surface area contributed by atoms with E-state index in [1.54, 1.807) is 0 Å². The molecule has 2 atom stereocenters. The molecule has 0 saturated heterocycles. The molecule has 30 heavy (non-hydrogen) atoms. The Morgan fingerprint density at radius 1 is 0.967 bits per heavy atom. The summed E-state index contributed by atoms with van der Waals surface area (Å²) in [5.41, 5.74) is -3.03. The zero-order valence-electron chi connectivity index (χ0n) is 15.2. The minimum Gasteiger partial charge on any atom is -0.480 e. The van der Waals surface area contributed by atoms with Crippen LogP contribution in [-0.2, 0) is 17.1 Å². The van der Waals surface area contributed by atoms with Gasteiger partial charge in [-0.15, -0.1) is 0 Å². The molecule has 0 aliphatic rings. The lowest BCUT2D eigenvalue weighted by Crippen LogP contribution is -2.46. The first kappa shape index (κ1) is 23.0. The Morgan fingerprint density at radius 2 is 1.57 bits per heavy atom. The highest BCUT2D eigenvalue weighted by atomic mass is 19.4. The fraction of sp³-hybridized carbons (Fsp3) is 0.278. The standard InChI is InChI=1S/C18H15F6N3O3/c1-9(15(28)29)26-16(30)27-13(10-4-6-11(7-5-10)17(19,20)21)14-12(18(22,23)24)3-2-8-25-14/h2-9,13H,1H3,(H,28,29)(H2,26,27,30). The Kier molecular flexibility index (Phi) is 6.58. The molecule has 0 aliphatic heterocycles. The Labute approximate surface area is 165 Å². The van der Waals surface area contributed by atoms with E-state index in [1.165, 1.54) is 0 Å². The molecule has 0 saturated carbocycles. The number of carbonyl (C=O) groups is 2. The molecular weight excluding hydrogens is 420 g/mol. The second kappa shape index (κ2) is 8.59. The number of halogens is 6. The lowest BCUT2D eigenvalue weighted by Gasteiger charge is -2.23. The quantitative estimate of drug-likeness (QED) is 0.620. The lowest BCUT2D eigenvalue weighted by molar-refractivity contribution is -0.139. The first-order chi connectivity index (χ1) is 13.8. The first-order valence-electron chi connectivity index (χ1n) is 8.29. The average molecular weight is 435 g/mol. The Balaban J connectivity index is 2.49. The summed E-state index contributed by atoms with van der Waals surface area (Å²) in [6.45, 7) is 1.12. The number of nitrogens with zero attached hydrogens (tertiary/aromatic N) is 1. The third-order valence-corrected chi connectivity index (χ3v) is 3.98. The van der Waals surface area contributed by atoms with Gasteiger partial charge in [-0.1, -0.05) is 12.1 Å². The van der Waals surface area contributed by atoms with Gasteiger partial charge in [0.1, 0.15) is 6.04 Å². The van der Waals surface area contributed by atoms with Gasteiger partial charge >= 0.3 is 24.4 Å². The van der Waals surface area contributed by atoms with Crippen LogP contribution in [0.4, 0.5) is 31.1 Å². The molecule has 162 valence electrons. The van der Waals surface area contributed by atoms with Crippen LogP contribution in [0.25, 0.3) is 0 Å².